The molecule has 130 valence electrons. The number of sulfonamides is 1. The predicted molar refractivity (Wildman–Crippen MR) is 92.1 cm³/mol. The van der Waals surface area contributed by atoms with Gasteiger partial charge in [0.1, 0.15) is 6.07 Å². The number of nitrogens with zero attached hydrogens (tertiary/aromatic N) is 1. The summed E-state index contributed by atoms with van der Waals surface area (Å²) in [7, 11) is -0.698. The summed E-state index contributed by atoms with van der Waals surface area (Å²) in [5, 5.41) is 9.15. The van der Waals surface area contributed by atoms with Crippen LogP contribution in [0.4, 0.5) is 0 Å². The molecule has 1 N–H and O–H groups in total. The molecule has 0 spiro atoms. The summed E-state index contributed by atoms with van der Waals surface area (Å²) in [4.78, 5) is -0.00794. The third-order valence-corrected chi connectivity index (χ3v) is 5.85. The van der Waals surface area contributed by atoms with E-state index in [1.165, 1.54) is 12.1 Å². The highest BCUT2D eigenvalue weighted by Gasteiger charge is 2.30. The highest BCUT2D eigenvalue weighted by atomic mass is 32.2. The molecular formula is C18H18N2O4S. The number of hydrogen-bond donors (Lipinski definition) is 1. The topological polar surface area (TPSA) is 88.4 Å². The van der Waals surface area contributed by atoms with E-state index in [1.807, 2.05) is 18.2 Å². The molecule has 1 aliphatic rings. The van der Waals surface area contributed by atoms with Crippen molar-refractivity contribution in [2.45, 2.75) is 23.8 Å². The van der Waals surface area contributed by atoms with E-state index in [4.69, 9.17) is 14.7 Å². The molecule has 1 atom stereocenters. The van der Waals surface area contributed by atoms with Crippen LogP contribution in [0.5, 0.6) is 11.5 Å². The molecule has 0 heterocycles. The molecular weight excluding hydrogens is 340 g/mol. The predicted octanol–water partition coefficient (Wildman–Crippen LogP) is 2.54. The molecule has 0 saturated heterocycles. The van der Waals surface area contributed by atoms with Crippen molar-refractivity contribution in [3.63, 3.8) is 0 Å². The molecule has 0 aliphatic heterocycles. The Morgan fingerprint density at radius 1 is 1.16 bits per heavy atom. The summed E-state index contributed by atoms with van der Waals surface area (Å²) in [5.41, 5.74) is 2.02. The summed E-state index contributed by atoms with van der Waals surface area (Å²) >= 11 is 0. The quantitative estimate of drug-likeness (QED) is 0.887. The number of aryl methyl sites for hydroxylation is 1. The number of rotatable bonds is 5. The lowest BCUT2D eigenvalue weighted by Crippen LogP contribution is -2.28. The Balaban J connectivity index is 1.95. The maximum absolute atomic E-state index is 12.7. The fourth-order valence-electron chi connectivity index (χ4n) is 3.10. The van der Waals surface area contributed by atoms with Crippen LogP contribution in [0.15, 0.2) is 41.3 Å². The minimum atomic E-state index is -3.81. The molecule has 0 amide bonds. The standard InChI is InChI=1S/C18H18N2O4S/c1-23-16-9-12-7-8-15(14(12)10-17(16)24-2)20-25(21,22)18-6-4-3-5-13(18)11-19/h3-6,9-10,15,20H,7-8H2,1-2H3. The van der Waals surface area contributed by atoms with E-state index in [9.17, 15) is 8.42 Å². The SMILES string of the molecule is COc1cc2c(cc1OC)C(NS(=O)(=O)c1ccccc1C#N)CC2. The molecule has 1 unspecified atom stereocenters. The average molecular weight is 358 g/mol. The van der Waals surface area contributed by atoms with Gasteiger partial charge in [-0.15, -0.1) is 0 Å². The van der Waals surface area contributed by atoms with Crippen molar-refractivity contribution in [1.29, 1.82) is 5.26 Å². The van der Waals surface area contributed by atoms with E-state index in [1.54, 1.807) is 26.4 Å². The fourth-order valence-corrected chi connectivity index (χ4v) is 4.51. The smallest absolute Gasteiger partial charge is 0.242 e. The van der Waals surface area contributed by atoms with Crippen molar-refractivity contribution in [3.8, 4) is 17.6 Å². The Morgan fingerprint density at radius 3 is 2.52 bits per heavy atom. The second-order valence-corrected chi connectivity index (χ2v) is 7.41. The Labute approximate surface area is 147 Å². The van der Waals surface area contributed by atoms with Gasteiger partial charge in [0.25, 0.3) is 0 Å². The molecule has 2 aromatic rings. The maximum Gasteiger partial charge on any atom is 0.242 e. The van der Waals surface area contributed by atoms with Crippen LogP contribution in [0.1, 0.15) is 29.2 Å². The molecule has 3 rings (SSSR count). The van der Waals surface area contributed by atoms with Gasteiger partial charge in [-0.05, 0) is 48.2 Å². The first-order valence-electron chi connectivity index (χ1n) is 7.76. The van der Waals surface area contributed by atoms with Crippen LogP contribution >= 0.6 is 0 Å². The number of nitriles is 1. The Hall–Kier alpha value is -2.56. The summed E-state index contributed by atoms with van der Waals surface area (Å²) in [6.45, 7) is 0. The number of ether oxygens (including phenoxy) is 2. The normalized spacial score (nSPS) is 16.1. The van der Waals surface area contributed by atoms with Crippen molar-refractivity contribution in [2.75, 3.05) is 14.2 Å². The molecule has 0 aromatic heterocycles. The molecule has 2 aromatic carbocycles. The Morgan fingerprint density at radius 2 is 1.84 bits per heavy atom. The van der Waals surface area contributed by atoms with Gasteiger partial charge in [0, 0.05) is 6.04 Å². The van der Waals surface area contributed by atoms with Gasteiger partial charge in [-0.25, -0.2) is 13.1 Å². The molecule has 6 nitrogen and oxygen atoms in total. The van der Waals surface area contributed by atoms with Crippen LogP contribution in [-0.2, 0) is 16.4 Å². The van der Waals surface area contributed by atoms with Crippen molar-refractivity contribution < 1.29 is 17.9 Å². The maximum atomic E-state index is 12.7. The first-order valence-corrected chi connectivity index (χ1v) is 9.24. The Bertz CT molecular complexity index is 948. The monoisotopic (exact) mass is 358 g/mol. The van der Waals surface area contributed by atoms with Crippen LogP contribution in [0, 0.1) is 11.3 Å². The highest BCUT2D eigenvalue weighted by molar-refractivity contribution is 7.89. The minimum absolute atomic E-state index is 0.00794. The number of nitrogens with one attached hydrogen (secondary N) is 1. The summed E-state index contributed by atoms with van der Waals surface area (Å²) in [6.07, 6.45) is 1.38. The van der Waals surface area contributed by atoms with Crippen molar-refractivity contribution in [1.82, 2.24) is 4.72 Å². The van der Waals surface area contributed by atoms with E-state index in [0.29, 0.717) is 17.9 Å². The van der Waals surface area contributed by atoms with Crippen molar-refractivity contribution in [2.24, 2.45) is 0 Å². The van der Waals surface area contributed by atoms with Crippen LogP contribution in [0.25, 0.3) is 0 Å². The van der Waals surface area contributed by atoms with E-state index in [2.05, 4.69) is 4.72 Å². The highest BCUT2D eigenvalue weighted by Crippen LogP contribution is 2.39. The van der Waals surface area contributed by atoms with Gasteiger partial charge in [-0.3, -0.25) is 0 Å². The molecule has 25 heavy (non-hydrogen) atoms. The zero-order chi connectivity index (χ0) is 18.0. The Kier molecular flexibility index (Phi) is 4.66. The number of methoxy groups -OCH3 is 2. The second kappa shape index (κ2) is 6.75. The molecule has 1 aliphatic carbocycles. The summed E-state index contributed by atoms with van der Waals surface area (Å²) < 4.78 is 38.8. The molecule has 0 fully saturated rings. The third kappa shape index (κ3) is 3.18. The van der Waals surface area contributed by atoms with Gasteiger partial charge in [0.05, 0.1) is 24.7 Å². The zero-order valence-electron chi connectivity index (χ0n) is 13.9. The lowest BCUT2D eigenvalue weighted by atomic mass is 10.1. The van der Waals surface area contributed by atoms with E-state index in [0.717, 1.165) is 17.5 Å². The number of benzene rings is 2. The summed E-state index contributed by atoms with van der Waals surface area (Å²) in [6, 6.07) is 11.4. The van der Waals surface area contributed by atoms with E-state index in [-0.39, 0.29) is 16.5 Å². The first-order chi connectivity index (χ1) is 12.0. The summed E-state index contributed by atoms with van der Waals surface area (Å²) in [5.74, 6) is 1.18. The third-order valence-electron chi connectivity index (χ3n) is 4.32. The van der Waals surface area contributed by atoms with Crippen LogP contribution in [0.3, 0.4) is 0 Å². The van der Waals surface area contributed by atoms with Crippen molar-refractivity contribution >= 4 is 10.0 Å². The minimum Gasteiger partial charge on any atom is -0.493 e. The van der Waals surface area contributed by atoms with Gasteiger partial charge in [0.2, 0.25) is 10.0 Å². The van der Waals surface area contributed by atoms with Crippen molar-refractivity contribution in [3.05, 3.63) is 53.1 Å². The fraction of sp³-hybridized carbons (Fsp3) is 0.278. The van der Waals surface area contributed by atoms with Gasteiger partial charge >= 0.3 is 0 Å². The lowest BCUT2D eigenvalue weighted by molar-refractivity contribution is 0.354. The van der Waals surface area contributed by atoms with Gasteiger partial charge in [-0.1, -0.05) is 12.1 Å². The molecule has 0 saturated carbocycles. The van der Waals surface area contributed by atoms with E-state index >= 15 is 0 Å². The molecule has 0 bridgehead atoms. The van der Waals surface area contributed by atoms with Crippen LogP contribution in [0.2, 0.25) is 0 Å². The van der Waals surface area contributed by atoms with Crippen LogP contribution in [-0.4, -0.2) is 22.6 Å². The first kappa shape index (κ1) is 17.3. The molecule has 7 heteroatoms. The largest absolute Gasteiger partial charge is 0.493 e. The lowest BCUT2D eigenvalue weighted by Gasteiger charge is -2.17. The second-order valence-electron chi connectivity index (χ2n) is 5.73. The van der Waals surface area contributed by atoms with E-state index < -0.39 is 10.0 Å². The van der Waals surface area contributed by atoms with Gasteiger partial charge < -0.3 is 9.47 Å². The zero-order valence-corrected chi connectivity index (χ0v) is 14.8. The van der Waals surface area contributed by atoms with Gasteiger partial charge in [0.15, 0.2) is 11.5 Å². The molecule has 0 radical (unpaired) electrons. The average Bonchev–Trinajstić information content (AvgIpc) is 3.01. The van der Waals surface area contributed by atoms with Gasteiger partial charge in [-0.2, -0.15) is 5.26 Å². The number of hydrogen-bond acceptors (Lipinski definition) is 5. The van der Waals surface area contributed by atoms with Crippen LogP contribution < -0.4 is 14.2 Å². The number of fused-ring (bicyclic) bond motifs is 1.